The maximum atomic E-state index is 13.3. The predicted molar refractivity (Wildman–Crippen MR) is 74.2 cm³/mol. The number of nitrogens with two attached hydrogens (primary N) is 1. The van der Waals surface area contributed by atoms with Crippen LogP contribution < -0.4 is 5.73 Å². The number of rotatable bonds is 4. The van der Waals surface area contributed by atoms with Crippen molar-refractivity contribution in [1.29, 1.82) is 0 Å². The first-order valence-corrected chi connectivity index (χ1v) is 7.92. The third-order valence-corrected chi connectivity index (χ3v) is 5.26. The van der Waals surface area contributed by atoms with E-state index in [1.54, 1.807) is 7.11 Å². The molecule has 1 fully saturated rings. The monoisotopic (exact) mass is 302 g/mol. The molecule has 2 N–H and O–H groups in total. The van der Waals surface area contributed by atoms with Crippen LogP contribution in [0.2, 0.25) is 0 Å². The summed E-state index contributed by atoms with van der Waals surface area (Å²) in [6.45, 7) is 1.36. The average Bonchev–Trinajstić information content (AvgIpc) is 2.38. The number of ether oxygens (including phenoxy) is 1. The van der Waals surface area contributed by atoms with Gasteiger partial charge >= 0.3 is 0 Å². The molecule has 1 saturated heterocycles. The Balaban J connectivity index is 2.25. The normalized spacial score (nSPS) is 21.0. The Morgan fingerprint density at radius 3 is 2.85 bits per heavy atom. The number of nitrogens with zero attached hydrogens (tertiary/aromatic N) is 1. The molecule has 1 atom stereocenters. The zero-order valence-corrected chi connectivity index (χ0v) is 12.2. The first-order chi connectivity index (χ1) is 9.43. The van der Waals surface area contributed by atoms with E-state index in [2.05, 4.69) is 0 Å². The van der Waals surface area contributed by atoms with Crippen LogP contribution in [-0.2, 0) is 14.8 Å². The van der Waals surface area contributed by atoms with Crippen LogP contribution in [0.4, 0.5) is 10.1 Å². The molecule has 1 heterocycles. The molecule has 0 saturated carbocycles. The predicted octanol–water partition coefficient (Wildman–Crippen LogP) is 1.45. The summed E-state index contributed by atoms with van der Waals surface area (Å²) in [6, 6.07) is 3.40. The lowest BCUT2D eigenvalue weighted by molar-refractivity contribution is 0.118. The van der Waals surface area contributed by atoms with Crippen molar-refractivity contribution in [3.63, 3.8) is 0 Å². The summed E-state index contributed by atoms with van der Waals surface area (Å²) < 4.78 is 44.8. The van der Waals surface area contributed by atoms with Gasteiger partial charge in [-0.25, -0.2) is 12.8 Å². The summed E-state index contributed by atoms with van der Waals surface area (Å²) in [7, 11) is -2.10. The van der Waals surface area contributed by atoms with Crippen LogP contribution in [0.1, 0.15) is 12.8 Å². The Labute approximate surface area is 118 Å². The Hall–Kier alpha value is -1.18. The summed E-state index contributed by atoms with van der Waals surface area (Å²) in [5, 5.41) is 0. The molecule has 1 aromatic carbocycles. The number of nitrogen functional groups attached to an aromatic ring is 1. The second-order valence-corrected chi connectivity index (χ2v) is 6.98. The molecule has 0 bridgehead atoms. The third kappa shape index (κ3) is 3.28. The first kappa shape index (κ1) is 15.2. The Morgan fingerprint density at radius 1 is 1.45 bits per heavy atom. The molecular formula is C13H19FN2O3S. The van der Waals surface area contributed by atoms with E-state index in [9.17, 15) is 12.8 Å². The smallest absolute Gasteiger partial charge is 0.243 e. The maximum Gasteiger partial charge on any atom is 0.243 e. The SMILES string of the molecule is COCC1CCCN(S(=O)(=O)c2cc(N)cc(F)c2)C1. The van der Waals surface area contributed by atoms with E-state index in [1.807, 2.05) is 0 Å². The molecule has 112 valence electrons. The highest BCUT2D eigenvalue weighted by Crippen LogP contribution is 2.25. The Morgan fingerprint density at radius 2 is 2.20 bits per heavy atom. The molecule has 0 amide bonds. The molecule has 2 rings (SSSR count). The van der Waals surface area contributed by atoms with Crippen molar-refractivity contribution in [2.75, 3.05) is 32.5 Å². The molecular weight excluding hydrogens is 283 g/mol. The second-order valence-electron chi connectivity index (χ2n) is 5.05. The lowest BCUT2D eigenvalue weighted by Crippen LogP contribution is -2.41. The Kier molecular flexibility index (Phi) is 4.62. The lowest BCUT2D eigenvalue weighted by Gasteiger charge is -2.31. The molecule has 20 heavy (non-hydrogen) atoms. The largest absolute Gasteiger partial charge is 0.399 e. The third-order valence-electron chi connectivity index (χ3n) is 3.42. The summed E-state index contributed by atoms with van der Waals surface area (Å²) in [5.41, 5.74) is 5.62. The van der Waals surface area contributed by atoms with Crippen molar-refractivity contribution >= 4 is 15.7 Å². The number of hydrogen-bond donors (Lipinski definition) is 1. The van der Waals surface area contributed by atoms with Crippen LogP contribution in [0.25, 0.3) is 0 Å². The number of halogens is 1. The number of benzene rings is 1. The van der Waals surface area contributed by atoms with Gasteiger partial charge in [0.1, 0.15) is 5.82 Å². The fraction of sp³-hybridized carbons (Fsp3) is 0.538. The van der Waals surface area contributed by atoms with Gasteiger partial charge in [-0.3, -0.25) is 0 Å². The molecule has 0 radical (unpaired) electrons. The highest BCUT2D eigenvalue weighted by molar-refractivity contribution is 7.89. The van der Waals surface area contributed by atoms with Gasteiger partial charge in [-0.05, 0) is 37.0 Å². The maximum absolute atomic E-state index is 13.3. The topological polar surface area (TPSA) is 72.6 Å². The van der Waals surface area contributed by atoms with Gasteiger partial charge in [-0.15, -0.1) is 0 Å². The van der Waals surface area contributed by atoms with E-state index in [0.717, 1.165) is 25.0 Å². The van der Waals surface area contributed by atoms with E-state index in [-0.39, 0.29) is 16.5 Å². The Bertz CT molecular complexity index is 555. The minimum absolute atomic E-state index is 0.0898. The van der Waals surface area contributed by atoms with E-state index in [1.165, 1.54) is 10.4 Å². The highest BCUT2D eigenvalue weighted by atomic mass is 32.2. The van der Waals surface area contributed by atoms with Gasteiger partial charge in [0.25, 0.3) is 0 Å². The van der Waals surface area contributed by atoms with Crippen molar-refractivity contribution in [1.82, 2.24) is 4.31 Å². The molecule has 1 aliphatic heterocycles. The summed E-state index contributed by atoms with van der Waals surface area (Å²) in [6.07, 6.45) is 1.71. The standard InChI is InChI=1S/C13H19FN2O3S/c1-19-9-10-3-2-4-16(8-10)20(17,18)13-6-11(14)5-12(15)7-13/h5-7,10H,2-4,8-9,15H2,1H3. The van der Waals surface area contributed by atoms with Gasteiger partial charge in [0.05, 0.1) is 11.5 Å². The van der Waals surface area contributed by atoms with Crippen molar-refractivity contribution in [2.24, 2.45) is 5.92 Å². The van der Waals surface area contributed by atoms with Crippen LogP contribution in [0.3, 0.4) is 0 Å². The van der Waals surface area contributed by atoms with Crippen molar-refractivity contribution < 1.29 is 17.5 Å². The molecule has 5 nitrogen and oxygen atoms in total. The number of methoxy groups -OCH3 is 1. The van der Waals surface area contributed by atoms with Gasteiger partial charge in [0.2, 0.25) is 10.0 Å². The van der Waals surface area contributed by atoms with E-state index in [4.69, 9.17) is 10.5 Å². The van der Waals surface area contributed by atoms with Crippen LogP contribution >= 0.6 is 0 Å². The molecule has 0 aliphatic carbocycles. The average molecular weight is 302 g/mol. The number of piperidine rings is 1. The van der Waals surface area contributed by atoms with Gasteiger partial charge < -0.3 is 10.5 Å². The van der Waals surface area contributed by atoms with Crippen LogP contribution in [0.5, 0.6) is 0 Å². The fourth-order valence-electron chi connectivity index (χ4n) is 2.50. The van der Waals surface area contributed by atoms with Gasteiger partial charge in [0, 0.05) is 25.9 Å². The van der Waals surface area contributed by atoms with Crippen LogP contribution in [0, 0.1) is 11.7 Å². The van der Waals surface area contributed by atoms with Crippen LogP contribution in [-0.4, -0.2) is 39.5 Å². The molecule has 0 aromatic heterocycles. The highest BCUT2D eigenvalue weighted by Gasteiger charge is 2.30. The molecule has 0 spiro atoms. The zero-order chi connectivity index (χ0) is 14.8. The number of hydrogen-bond acceptors (Lipinski definition) is 4. The lowest BCUT2D eigenvalue weighted by atomic mass is 10.0. The summed E-state index contributed by atoms with van der Waals surface area (Å²) >= 11 is 0. The molecule has 7 heteroatoms. The quantitative estimate of drug-likeness (QED) is 0.855. The molecule has 1 unspecified atom stereocenters. The van der Waals surface area contributed by atoms with E-state index >= 15 is 0 Å². The minimum atomic E-state index is -3.70. The van der Waals surface area contributed by atoms with Gasteiger partial charge in [0.15, 0.2) is 0 Å². The second kappa shape index (κ2) is 6.07. The molecule has 1 aromatic rings. The van der Waals surface area contributed by atoms with Gasteiger partial charge in [-0.1, -0.05) is 0 Å². The van der Waals surface area contributed by atoms with Crippen molar-refractivity contribution in [3.05, 3.63) is 24.0 Å². The zero-order valence-electron chi connectivity index (χ0n) is 11.4. The van der Waals surface area contributed by atoms with E-state index in [0.29, 0.717) is 19.7 Å². The summed E-state index contributed by atoms with van der Waals surface area (Å²) in [5.74, 6) is -0.469. The molecule has 1 aliphatic rings. The fourth-order valence-corrected chi connectivity index (χ4v) is 4.12. The first-order valence-electron chi connectivity index (χ1n) is 6.48. The van der Waals surface area contributed by atoms with Gasteiger partial charge in [-0.2, -0.15) is 4.31 Å². The number of sulfonamides is 1. The van der Waals surface area contributed by atoms with Crippen molar-refractivity contribution in [3.8, 4) is 0 Å². The number of anilines is 1. The minimum Gasteiger partial charge on any atom is -0.399 e. The van der Waals surface area contributed by atoms with E-state index < -0.39 is 15.8 Å². The van der Waals surface area contributed by atoms with Crippen molar-refractivity contribution in [2.45, 2.75) is 17.7 Å². The van der Waals surface area contributed by atoms with Crippen LogP contribution in [0.15, 0.2) is 23.1 Å². The summed E-state index contributed by atoms with van der Waals surface area (Å²) in [4.78, 5) is -0.0898.